The zero-order valence-corrected chi connectivity index (χ0v) is 26.4. The fourth-order valence-corrected chi connectivity index (χ4v) is 10.0. The van der Waals surface area contributed by atoms with Crippen LogP contribution in [0.2, 0.25) is 5.02 Å². The molecule has 1 spiro atoms. The zero-order valence-electron chi connectivity index (χ0n) is 24.8. The second kappa shape index (κ2) is 12.5. The number of amides is 3. The van der Waals surface area contributed by atoms with Gasteiger partial charge in [-0.3, -0.25) is 14.4 Å². The molecule has 3 heterocycles. The predicted octanol–water partition coefficient (Wildman–Crippen LogP) is 5.33. The number of hydrogen-bond donors (Lipinski definition) is 1. The van der Waals surface area contributed by atoms with Crippen LogP contribution < -0.4 is 4.90 Å². The van der Waals surface area contributed by atoms with Crippen LogP contribution in [0.5, 0.6) is 0 Å². The SMILES string of the molecule is C=CCN(Cc1ccccc1)C(=O)[C@@H]1[C@H]2C(=O)N([C@@H](CC)CO)C(C(=O)N(CC=C)c3ccccc3Cl)C23CC[C@@]1(C)S3. The van der Waals surface area contributed by atoms with Crippen molar-refractivity contribution in [2.75, 3.05) is 24.6 Å². The zero-order chi connectivity index (χ0) is 30.9. The number of nitrogens with zero attached hydrogens (tertiary/aromatic N) is 3. The van der Waals surface area contributed by atoms with Crippen LogP contribution in [0.4, 0.5) is 5.69 Å². The van der Waals surface area contributed by atoms with Crippen molar-refractivity contribution in [3.63, 3.8) is 0 Å². The maximum atomic E-state index is 14.8. The molecule has 3 aliphatic rings. The summed E-state index contributed by atoms with van der Waals surface area (Å²) in [6.45, 7) is 12.4. The van der Waals surface area contributed by atoms with Crippen molar-refractivity contribution in [3.8, 4) is 0 Å². The highest BCUT2D eigenvalue weighted by atomic mass is 35.5. The Hall–Kier alpha value is -3.07. The molecule has 2 unspecified atom stereocenters. The van der Waals surface area contributed by atoms with Gasteiger partial charge >= 0.3 is 0 Å². The van der Waals surface area contributed by atoms with E-state index in [1.54, 1.807) is 56.8 Å². The lowest BCUT2D eigenvalue weighted by Gasteiger charge is -2.39. The van der Waals surface area contributed by atoms with E-state index in [0.29, 0.717) is 43.1 Å². The number of likely N-dealkylation sites (tertiary alicyclic amines) is 1. The summed E-state index contributed by atoms with van der Waals surface area (Å²) in [4.78, 5) is 48.9. The van der Waals surface area contributed by atoms with Crippen molar-refractivity contribution in [3.05, 3.63) is 90.5 Å². The first-order valence-electron chi connectivity index (χ1n) is 14.9. The van der Waals surface area contributed by atoms with Crippen molar-refractivity contribution in [1.29, 1.82) is 0 Å². The minimum atomic E-state index is -0.870. The van der Waals surface area contributed by atoms with E-state index in [1.807, 2.05) is 43.3 Å². The summed E-state index contributed by atoms with van der Waals surface area (Å²) in [5.74, 6) is -1.92. The van der Waals surface area contributed by atoms with Gasteiger partial charge in [0.25, 0.3) is 5.91 Å². The Labute approximate surface area is 263 Å². The number of carbonyl (C=O) groups excluding carboxylic acids is 3. The highest BCUT2D eigenvalue weighted by Crippen LogP contribution is 2.72. The maximum absolute atomic E-state index is 14.8. The first-order chi connectivity index (χ1) is 20.7. The third-order valence-corrected chi connectivity index (χ3v) is 11.7. The number of fused-ring (bicyclic) bond motifs is 1. The van der Waals surface area contributed by atoms with Crippen LogP contribution in [0.25, 0.3) is 0 Å². The molecule has 0 aromatic heterocycles. The molecule has 2 aromatic rings. The van der Waals surface area contributed by atoms with Gasteiger partial charge in [-0.15, -0.1) is 24.9 Å². The number of benzene rings is 2. The summed E-state index contributed by atoms with van der Waals surface area (Å²) < 4.78 is -1.34. The molecule has 0 aliphatic carbocycles. The fraction of sp³-hybridized carbons (Fsp3) is 0.441. The van der Waals surface area contributed by atoms with Crippen molar-refractivity contribution in [2.45, 2.75) is 61.2 Å². The largest absolute Gasteiger partial charge is 0.394 e. The number of aliphatic hydroxyl groups excluding tert-OH is 1. The summed E-state index contributed by atoms with van der Waals surface area (Å²) in [6.07, 6.45) is 5.15. The predicted molar refractivity (Wildman–Crippen MR) is 173 cm³/mol. The lowest BCUT2D eigenvalue weighted by molar-refractivity contribution is -0.146. The van der Waals surface area contributed by atoms with Crippen LogP contribution >= 0.6 is 23.4 Å². The Bertz CT molecular complexity index is 1400. The van der Waals surface area contributed by atoms with Crippen LogP contribution in [0.3, 0.4) is 0 Å². The normalized spacial score (nSPS) is 28.0. The highest BCUT2D eigenvalue weighted by molar-refractivity contribution is 8.02. The molecule has 2 aromatic carbocycles. The standard InChI is InChI=1S/C34H40ClN3O4S/c1-5-19-36(21-23-13-9-8-10-14-23)30(40)27-28-31(41)38(24(7-3)22-39)29(34(28)18-17-33(27,4)43-34)32(42)37(20-6-2)26-16-12-11-15-25(26)35/h5-6,8-16,24,27-29,39H,1-2,7,17-22H2,3-4H3/t24-,27-,28-,29?,33+,34?/m0/s1. The van der Waals surface area contributed by atoms with E-state index in [1.165, 1.54) is 0 Å². The number of hydrogen-bond acceptors (Lipinski definition) is 5. The quantitative estimate of drug-likeness (QED) is 0.324. The van der Waals surface area contributed by atoms with E-state index in [4.69, 9.17) is 11.6 Å². The second-order valence-corrected chi connectivity index (χ2v) is 14.2. The second-order valence-electron chi connectivity index (χ2n) is 11.9. The smallest absolute Gasteiger partial charge is 0.251 e. The van der Waals surface area contributed by atoms with Gasteiger partial charge in [0.2, 0.25) is 11.8 Å². The summed E-state index contributed by atoms with van der Waals surface area (Å²) >= 11 is 8.20. The van der Waals surface area contributed by atoms with Crippen LogP contribution in [0, 0.1) is 11.8 Å². The van der Waals surface area contributed by atoms with Crippen molar-refractivity contribution < 1.29 is 19.5 Å². The number of para-hydroxylation sites is 1. The van der Waals surface area contributed by atoms with Crippen molar-refractivity contribution in [1.82, 2.24) is 9.80 Å². The molecule has 7 nitrogen and oxygen atoms in total. The van der Waals surface area contributed by atoms with Gasteiger partial charge < -0.3 is 19.8 Å². The fourth-order valence-electron chi connectivity index (χ4n) is 7.47. The third-order valence-electron chi connectivity index (χ3n) is 9.39. The molecule has 3 fully saturated rings. The van der Waals surface area contributed by atoms with E-state index < -0.39 is 33.4 Å². The Balaban J connectivity index is 1.60. The first kappa shape index (κ1) is 31.4. The monoisotopic (exact) mass is 621 g/mol. The Morgan fingerprint density at radius 3 is 2.40 bits per heavy atom. The van der Waals surface area contributed by atoms with Crippen molar-refractivity contribution in [2.24, 2.45) is 11.8 Å². The molecule has 3 aliphatic heterocycles. The molecule has 2 bridgehead atoms. The van der Waals surface area contributed by atoms with Gasteiger partial charge in [-0.1, -0.05) is 73.1 Å². The maximum Gasteiger partial charge on any atom is 0.251 e. The molecule has 5 rings (SSSR count). The van der Waals surface area contributed by atoms with Crippen LogP contribution in [0.1, 0.15) is 38.7 Å². The van der Waals surface area contributed by atoms with Gasteiger partial charge in [0.15, 0.2) is 0 Å². The van der Waals surface area contributed by atoms with Gasteiger partial charge in [0.1, 0.15) is 6.04 Å². The third kappa shape index (κ3) is 5.21. The molecule has 1 N–H and O–H groups in total. The summed E-state index contributed by atoms with van der Waals surface area (Å²) in [6, 6.07) is 15.5. The number of aliphatic hydroxyl groups is 1. The Morgan fingerprint density at radius 2 is 1.77 bits per heavy atom. The first-order valence-corrected chi connectivity index (χ1v) is 16.1. The number of thioether (sulfide) groups is 1. The molecular weight excluding hydrogens is 582 g/mol. The minimum absolute atomic E-state index is 0.0992. The molecular formula is C34H40ClN3O4S. The van der Waals surface area contributed by atoms with Gasteiger partial charge in [-0.05, 0) is 43.9 Å². The molecule has 6 atom stereocenters. The summed E-state index contributed by atoms with van der Waals surface area (Å²) in [7, 11) is 0. The van der Waals surface area contributed by atoms with E-state index in [9.17, 15) is 19.5 Å². The lowest BCUT2D eigenvalue weighted by atomic mass is 9.66. The minimum Gasteiger partial charge on any atom is -0.394 e. The van der Waals surface area contributed by atoms with Crippen molar-refractivity contribution >= 4 is 46.8 Å². The number of carbonyl (C=O) groups is 3. The average molecular weight is 622 g/mol. The lowest BCUT2D eigenvalue weighted by Crippen LogP contribution is -2.57. The highest BCUT2D eigenvalue weighted by Gasteiger charge is 2.78. The molecule has 9 heteroatoms. The molecule has 3 saturated heterocycles. The van der Waals surface area contributed by atoms with E-state index in [2.05, 4.69) is 20.1 Å². The summed E-state index contributed by atoms with van der Waals surface area (Å²) in [5, 5.41) is 10.9. The van der Waals surface area contributed by atoms with Crippen LogP contribution in [-0.2, 0) is 20.9 Å². The number of anilines is 1. The van der Waals surface area contributed by atoms with E-state index in [-0.39, 0.29) is 30.9 Å². The molecule has 3 amide bonds. The Morgan fingerprint density at radius 1 is 1.09 bits per heavy atom. The van der Waals surface area contributed by atoms with Crippen LogP contribution in [0.15, 0.2) is 79.9 Å². The van der Waals surface area contributed by atoms with Gasteiger partial charge in [-0.2, -0.15) is 0 Å². The van der Waals surface area contributed by atoms with Crippen LogP contribution in [-0.4, -0.2) is 73.9 Å². The molecule has 0 radical (unpaired) electrons. The molecule has 0 saturated carbocycles. The van der Waals surface area contributed by atoms with Gasteiger partial charge in [0.05, 0.1) is 39.9 Å². The number of rotatable bonds is 12. The van der Waals surface area contributed by atoms with E-state index >= 15 is 0 Å². The Kier molecular flexibility index (Phi) is 9.12. The topological polar surface area (TPSA) is 81.2 Å². The van der Waals surface area contributed by atoms with Gasteiger partial charge in [0, 0.05) is 24.4 Å². The molecule has 228 valence electrons. The number of halogens is 1. The van der Waals surface area contributed by atoms with E-state index in [0.717, 1.165) is 5.56 Å². The average Bonchev–Trinajstić information content (AvgIpc) is 3.57. The van der Waals surface area contributed by atoms with Gasteiger partial charge in [-0.25, -0.2) is 0 Å². The molecule has 43 heavy (non-hydrogen) atoms. The summed E-state index contributed by atoms with van der Waals surface area (Å²) in [5.41, 5.74) is 1.53.